The van der Waals surface area contributed by atoms with Gasteiger partial charge in [0.05, 0.1) is 0 Å². The van der Waals surface area contributed by atoms with Gasteiger partial charge in [-0.1, -0.05) is 0 Å². The molecule has 0 unspecified atom stereocenters. The van der Waals surface area contributed by atoms with Gasteiger partial charge in [-0.15, -0.1) is 0 Å². The zero-order valence-electron chi connectivity index (χ0n) is 3.18. The van der Waals surface area contributed by atoms with Crippen LogP contribution in [0.3, 0.4) is 0 Å². The Balaban J connectivity index is 2.99. The van der Waals surface area contributed by atoms with Crippen LogP contribution in [0.4, 0.5) is 0 Å². The molecule has 0 radical (unpaired) electrons. The summed E-state index contributed by atoms with van der Waals surface area (Å²) in [5.74, 6) is -0.0419. The number of hydrogen-bond donors (Lipinski definition) is 0. The van der Waals surface area contributed by atoms with Crippen molar-refractivity contribution in [2.75, 3.05) is 0 Å². The molecule has 0 aliphatic heterocycles. The van der Waals surface area contributed by atoms with Gasteiger partial charge in [-0.2, -0.15) is 0 Å². The molecular formula is C2H6O2Sb2. The van der Waals surface area contributed by atoms with Crippen molar-refractivity contribution in [2.45, 2.75) is 4.37 Å². The summed E-state index contributed by atoms with van der Waals surface area (Å²) < 4.78 is 5.05. The Bertz CT molecular complexity index is 47.5. The van der Waals surface area contributed by atoms with E-state index in [0.717, 1.165) is 23.0 Å². The third-order valence-corrected chi connectivity index (χ3v) is 2.00. The summed E-state index contributed by atoms with van der Waals surface area (Å²) in [7, 11) is 0. The van der Waals surface area contributed by atoms with E-state index in [9.17, 15) is 4.79 Å². The van der Waals surface area contributed by atoms with Gasteiger partial charge in [-0.3, -0.25) is 0 Å². The number of hydrogen-bond acceptors (Lipinski definition) is 2. The Kier molecular flexibility index (Phi) is 5.06. The molecule has 0 atom stereocenters. The zero-order valence-corrected chi connectivity index (χ0v) is 9.77. The molecule has 0 heterocycles. The van der Waals surface area contributed by atoms with Crippen LogP contribution in [0.1, 0.15) is 0 Å². The first-order chi connectivity index (χ1) is 2.81. The first kappa shape index (κ1) is 7.11. The number of rotatable bonds is 1. The average Bonchev–Trinajstić information content (AvgIpc) is 1.65. The molecule has 0 amide bonds. The van der Waals surface area contributed by atoms with Gasteiger partial charge in [0, 0.05) is 0 Å². The Morgan fingerprint density at radius 2 is 2.33 bits per heavy atom. The van der Waals surface area contributed by atoms with Crippen LogP contribution in [0.2, 0.25) is 4.37 Å². The first-order valence-corrected chi connectivity index (χ1v) is 5.08. The van der Waals surface area contributed by atoms with Gasteiger partial charge in [0.2, 0.25) is 0 Å². The predicted octanol–water partition coefficient (Wildman–Crippen LogP) is -1.87. The summed E-state index contributed by atoms with van der Waals surface area (Å²) in [4.78, 5) is 10.0. The maximum atomic E-state index is 10.0. The predicted molar refractivity (Wildman–Crippen MR) is 28.0 cm³/mol. The topological polar surface area (TPSA) is 26.3 Å². The molecule has 4 heteroatoms. The van der Waals surface area contributed by atoms with Crippen LogP contribution in [0.5, 0.6) is 0 Å². The molecule has 0 rings (SSSR count). The van der Waals surface area contributed by atoms with Gasteiger partial charge in [-0.25, -0.2) is 0 Å². The number of carbonyl (C=O) groups is 1. The summed E-state index contributed by atoms with van der Waals surface area (Å²) >= 11 is 1.59. The van der Waals surface area contributed by atoms with E-state index in [4.69, 9.17) is 0 Å². The third-order valence-electron chi connectivity index (χ3n) is 0.298. The van der Waals surface area contributed by atoms with E-state index >= 15 is 0 Å². The fraction of sp³-hybridized carbons (Fsp3) is 0.500. The van der Waals surface area contributed by atoms with E-state index in [1.54, 1.807) is 0 Å². The molecule has 0 aliphatic rings. The molecule has 2 nitrogen and oxygen atoms in total. The van der Waals surface area contributed by atoms with Crippen LogP contribution >= 0.6 is 0 Å². The molecule has 0 fully saturated rings. The van der Waals surface area contributed by atoms with Gasteiger partial charge in [0.1, 0.15) is 0 Å². The van der Waals surface area contributed by atoms with Crippen LogP contribution in [-0.2, 0) is 7.81 Å². The molecule has 0 spiro atoms. The Hall–Kier alpha value is 1.11. The molecule has 0 N–H and O–H groups in total. The van der Waals surface area contributed by atoms with E-state index < -0.39 is 0 Å². The van der Waals surface area contributed by atoms with E-state index in [2.05, 4.69) is 3.02 Å². The van der Waals surface area contributed by atoms with Crippen molar-refractivity contribution in [3.8, 4) is 0 Å². The van der Waals surface area contributed by atoms with Crippen molar-refractivity contribution in [3.63, 3.8) is 0 Å². The Morgan fingerprint density at radius 1 is 1.83 bits per heavy atom. The number of carbonyl (C=O) groups excluding carboxylic acids is 1. The third kappa shape index (κ3) is 3.30. The normalized spacial score (nSPS) is 7.67. The van der Waals surface area contributed by atoms with Crippen molar-refractivity contribution >= 4 is 52.4 Å². The molecule has 0 saturated heterocycles. The van der Waals surface area contributed by atoms with E-state index in [1.807, 2.05) is 0 Å². The zero-order chi connectivity index (χ0) is 4.99. The van der Waals surface area contributed by atoms with Crippen molar-refractivity contribution < 1.29 is 7.81 Å². The second kappa shape index (κ2) is 4.27. The molecule has 36 valence electrons. The SMILES string of the molecule is O=C([CH2][SbH2])[O][SbH2]. The van der Waals surface area contributed by atoms with Crippen LogP contribution in [0.25, 0.3) is 0 Å². The second-order valence-electron chi connectivity index (χ2n) is 0.694. The standard InChI is InChI=1S/C2H3O2.2Sb.4H/c1-2(3)4;;;;;;/h1H2,(H,3,4);;;;;;/q;;+1;;;;/p-1. The molecule has 0 aromatic heterocycles. The quantitative estimate of drug-likeness (QED) is 0.531. The maximum absolute atomic E-state index is 10.0. The van der Waals surface area contributed by atoms with Crippen molar-refractivity contribution in [1.82, 2.24) is 0 Å². The molecular weight excluding hydrogens is 300 g/mol. The van der Waals surface area contributed by atoms with E-state index in [-0.39, 0.29) is 5.97 Å². The Labute approximate surface area is 64.2 Å². The summed E-state index contributed by atoms with van der Waals surface area (Å²) in [5.41, 5.74) is 0. The first-order valence-electron chi connectivity index (χ1n) is 1.41. The molecule has 6 heavy (non-hydrogen) atoms. The second-order valence-corrected chi connectivity index (χ2v) is 2.53. The Morgan fingerprint density at radius 3 is 2.33 bits per heavy atom. The monoisotopic (exact) mass is 304 g/mol. The van der Waals surface area contributed by atoms with Crippen LogP contribution in [0, 0.1) is 0 Å². The van der Waals surface area contributed by atoms with Crippen molar-refractivity contribution in [2.24, 2.45) is 0 Å². The minimum absolute atomic E-state index is 0.0419. The van der Waals surface area contributed by atoms with Gasteiger partial charge in [-0.05, 0) is 0 Å². The minimum atomic E-state index is -0.0419. The molecule has 0 saturated carbocycles. The van der Waals surface area contributed by atoms with E-state index in [1.165, 1.54) is 0 Å². The molecule has 0 aliphatic carbocycles. The van der Waals surface area contributed by atoms with Crippen molar-refractivity contribution in [1.29, 1.82) is 0 Å². The molecule has 0 aromatic carbocycles. The van der Waals surface area contributed by atoms with Gasteiger partial charge in [0.25, 0.3) is 0 Å². The summed E-state index contributed by atoms with van der Waals surface area (Å²) in [5, 5.41) is 0. The summed E-state index contributed by atoms with van der Waals surface area (Å²) in [6.07, 6.45) is 0. The van der Waals surface area contributed by atoms with E-state index in [0.29, 0.717) is 27.8 Å². The van der Waals surface area contributed by atoms with Crippen LogP contribution in [0.15, 0.2) is 0 Å². The summed E-state index contributed by atoms with van der Waals surface area (Å²) in [6, 6.07) is 0. The van der Waals surface area contributed by atoms with Crippen LogP contribution in [-0.4, -0.2) is 52.4 Å². The summed E-state index contributed by atoms with van der Waals surface area (Å²) in [6.45, 7) is 0. The van der Waals surface area contributed by atoms with Crippen molar-refractivity contribution in [3.05, 3.63) is 0 Å². The van der Waals surface area contributed by atoms with Crippen LogP contribution < -0.4 is 0 Å². The molecule has 0 bridgehead atoms. The van der Waals surface area contributed by atoms with Gasteiger partial charge >= 0.3 is 64.6 Å². The fourth-order valence-electron chi connectivity index (χ4n) is 0.0481. The average molecular weight is 306 g/mol. The van der Waals surface area contributed by atoms with Gasteiger partial charge in [0.15, 0.2) is 0 Å². The van der Waals surface area contributed by atoms with Gasteiger partial charge < -0.3 is 0 Å². The fourth-order valence-corrected chi connectivity index (χ4v) is 2.17. The molecule has 0 aromatic rings.